The average Bonchev–Trinajstić information content (AvgIpc) is 2.35. The lowest BCUT2D eigenvalue weighted by Crippen LogP contribution is -2.21. The summed E-state index contributed by atoms with van der Waals surface area (Å²) in [6.45, 7) is 3.59. The Hall–Kier alpha value is -1.27. The highest BCUT2D eigenvalue weighted by molar-refractivity contribution is 5.28. The number of halogens is 3. The first-order valence-corrected chi connectivity index (χ1v) is 6.46. The molecule has 0 aliphatic heterocycles. The molecule has 1 aromatic rings. The minimum Gasteiger partial charge on any atom is -0.491 e. The van der Waals surface area contributed by atoms with Crippen LogP contribution in [0, 0.1) is 0 Å². The first kappa shape index (κ1) is 16.8. The van der Waals surface area contributed by atoms with E-state index < -0.39 is 12.8 Å². The maximum absolute atomic E-state index is 11.8. The van der Waals surface area contributed by atoms with Crippen molar-refractivity contribution >= 4 is 0 Å². The number of hydrogen-bond donors (Lipinski definition) is 1. The quantitative estimate of drug-likeness (QED) is 0.746. The first-order valence-electron chi connectivity index (χ1n) is 6.46. The van der Waals surface area contributed by atoms with Crippen LogP contribution < -0.4 is 10.1 Å². The van der Waals surface area contributed by atoms with Crippen molar-refractivity contribution in [2.45, 2.75) is 32.6 Å². The van der Waals surface area contributed by atoms with Gasteiger partial charge in [-0.1, -0.05) is 26.0 Å². The summed E-state index contributed by atoms with van der Waals surface area (Å²) in [5.41, 5.74) is 1.06. The van der Waals surface area contributed by atoms with Crippen molar-refractivity contribution in [1.82, 2.24) is 5.32 Å². The molecule has 1 rings (SSSR count). The average molecular weight is 291 g/mol. The zero-order valence-corrected chi connectivity index (χ0v) is 11.7. The van der Waals surface area contributed by atoms with E-state index in [2.05, 4.69) is 23.9 Å². The van der Waals surface area contributed by atoms with Gasteiger partial charge in [-0.2, -0.15) is 13.2 Å². The van der Waals surface area contributed by atoms with Crippen LogP contribution in [0.25, 0.3) is 0 Å². The fraction of sp³-hybridized carbons (Fsp3) is 0.571. The van der Waals surface area contributed by atoms with Crippen LogP contribution in [-0.4, -0.2) is 32.0 Å². The first-order chi connectivity index (χ1) is 9.37. The van der Waals surface area contributed by atoms with Crippen molar-refractivity contribution in [1.29, 1.82) is 0 Å². The van der Waals surface area contributed by atoms with Crippen LogP contribution >= 0.6 is 0 Å². The summed E-state index contributed by atoms with van der Waals surface area (Å²) in [4.78, 5) is 0. The Morgan fingerprint density at radius 1 is 1.20 bits per heavy atom. The van der Waals surface area contributed by atoms with E-state index in [4.69, 9.17) is 4.74 Å². The van der Waals surface area contributed by atoms with Gasteiger partial charge in [0.1, 0.15) is 19.0 Å². The number of hydrogen-bond acceptors (Lipinski definition) is 3. The number of rotatable bonds is 8. The monoisotopic (exact) mass is 291 g/mol. The Morgan fingerprint density at radius 3 is 2.60 bits per heavy atom. The number of alkyl halides is 3. The van der Waals surface area contributed by atoms with Crippen molar-refractivity contribution in [3.8, 4) is 5.75 Å². The third-order valence-corrected chi connectivity index (χ3v) is 2.38. The van der Waals surface area contributed by atoms with E-state index in [1.165, 1.54) is 0 Å². The lowest BCUT2D eigenvalue weighted by molar-refractivity contribution is -0.175. The van der Waals surface area contributed by atoms with Crippen LogP contribution in [0.4, 0.5) is 13.2 Å². The van der Waals surface area contributed by atoms with Gasteiger partial charge in [0, 0.05) is 12.6 Å². The molecule has 0 fully saturated rings. The number of ether oxygens (including phenoxy) is 2. The SMILES string of the molecule is CC(C)NCc1cccc(OCCOCC(F)(F)F)c1. The van der Waals surface area contributed by atoms with E-state index in [0.717, 1.165) is 12.1 Å². The highest BCUT2D eigenvalue weighted by atomic mass is 19.4. The van der Waals surface area contributed by atoms with E-state index in [0.29, 0.717) is 11.8 Å². The van der Waals surface area contributed by atoms with E-state index >= 15 is 0 Å². The van der Waals surface area contributed by atoms with Crippen molar-refractivity contribution < 1.29 is 22.6 Å². The van der Waals surface area contributed by atoms with Gasteiger partial charge in [-0.05, 0) is 17.7 Å². The van der Waals surface area contributed by atoms with Crippen molar-refractivity contribution in [2.75, 3.05) is 19.8 Å². The highest BCUT2D eigenvalue weighted by Crippen LogP contribution is 2.15. The second-order valence-electron chi connectivity index (χ2n) is 4.70. The summed E-state index contributed by atoms with van der Waals surface area (Å²) in [5, 5.41) is 3.28. The molecule has 0 saturated heterocycles. The normalized spacial score (nSPS) is 11.9. The van der Waals surface area contributed by atoms with Gasteiger partial charge in [-0.25, -0.2) is 0 Å². The largest absolute Gasteiger partial charge is 0.491 e. The third-order valence-electron chi connectivity index (χ3n) is 2.38. The van der Waals surface area contributed by atoms with Gasteiger partial charge in [0.2, 0.25) is 0 Å². The Balaban J connectivity index is 2.28. The standard InChI is InChI=1S/C14H20F3NO2/c1-11(2)18-9-12-4-3-5-13(8-12)20-7-6-19-10-14(15,16)17/h3-5,8,11,18H,6-7,9-10H2,1-2H3. The zero-order valence-electron chi connectivity index (χ0n) is 11.7. The molecule has 0 aliphatic carbocycles. The highest BCUT2D eigenvalue weighted by Gasteiger charge is 2.27. The maximum Gasteiger partial charge on any atom is 0.411 e. The van der Waals surface area contributed by atoms with Crippen LogP contribution in [-0.2, 0) is 11.3 Å². The maximum atomic E-state index is 11.8. The molecule has 6 heteroatoms. The molecule has 0 aliphatic rings. The Morgan fingerprint density at radius 2 is 1.95 bits per heavy atom. The van der Waals surface area contributed by atoms with Gasteiger partial charge in [-0.3, -0.25) is 0 Å². The van der Waals surface area contributed by atoms with E-state index in [-0.39, 0.29) is 13.2 Å². The third kappa shape index (κ3) is 8.01. The Bertz CT molecular complexity index is 394. The molecule has 3 nitrogen and oxygen atoms in total. The molecular weight excluding hydrogens is 271 g/mol. The zero-order chi connectivity index (χ0) is 15.0. The van der Waals surface area contributed by atoms with E-state index in [1.54, 1.807) is 6.07 Å². The second kappa shape index (κ2) is 8.11. The summed E-state index contributed by atoms with van der Waals surface area (Å²) < 4.78 is 45.3. The molecule has 0 unspecified atom stereocenters. The van der Waals surface area contributed by atoms with Gasteiger partial charge in [-0.15, -0.1) is 0 Å². The summed E-state index contributed by atoms with van der Waals surface area (Å²) in [5.74, 6) is 0.628. The fourth-order valence-corrected chi connectivity index (χ4v) is 1.47. The topological polar surface area (TPSA) is 30.5 Å². The van der Waals surface area contributed by atoms with Crippen molar-refractivity contribution in [3.05, 3.63) is 29.8 Å². The summed E-state index contributed by atoms with van der Waals surface area (Å²) in [6, 6.07) is 7.82. The summed E-state index contributed by atoms with van der Waals surface area (Å²) >= 11 is 0. The Labute approximate surface area is 117 Å². The Kier molecular flexibility index (Phi) is 6.81. The molecule has 20 heavy (non-hydrogen) atoms. The van der Waals surface area contributed by atoms with Crippen LogP contribution in [0.15, 0.2) is 24.3 Å². The second-order valence-corrected chi connectivity index (χ2v) is 4.70. The lowest BCUT2D eigenvalue weighted by atomic mass is 10.2. The smallest absolute Gasteiger partial charge is 0.411 e. The molecule has 0 radical (unpaired) electrons. The molecule has 0 heterocycles. The minimum atomic E-state index is -4.29. The fourth-order valence-electron chi connectivity index (χ4n) is 1.47. The molecule has 0 aromatic heterocycles. The van der Waals surface area contributed by atoms with Crippen molar-refractivity contribution in [3.63, 3.8) is 0 Å². The lowest BCUT2D eigenvalue weighted by Gasteiger charge is -2.11. The number of benzene rings is 1. The van der Waals surface area contributed by atoms with Crippen LogP contribution in [0.2, 0.25) is 0 Å². The molecule has 0 saturated carbocycles. The van der Waals surface area contributed by atoms with Gasteiger partial charge < -0.3 is 14.8 Å². The number of nitrogens with one attached hydrogen (secondary N) is 1. The molecule has 114 valence electrons. The molecule has 0 amide bonds. The van der Waals surface area contributed by atoms with Crippen LogP contribution in [0.3, 0.4) is 0 Å². The predicted molar refractivity (Wildman–Crippen MR) is 70.8 cm³/mol. The molecule has 0 atom stereocenters. The van der Waals surface area contributed by atoms with E-state index in [9.17, 15) is 13.2 Å². The van der Waals surface area contributed by atoms with Gasteiger partial charge in [0.05, 0.1) is 6.61 Å². The predicted octanol–water partition coefficient (Wildman–Crippen LogP) is 3.14. The molecule has 1 N–H and O–H groups in total. The van der Waals surface area contributed by atoms with Crippen LogP contribution in [0.5, 0.6) is 5.75 Å². The molecule has 1 aromatic carbocycles. The summed E-state index contributed by atoms with van der Waals surface area (Å²) in [7, 11) is 0. The van der Waals surface area contributed by atoms with Gasteiger partial charge in [0.15, 0.2) is 0 Å². The minimum absolute atomic E-state index is 0.0893. The summed E-state index contributed by atoms with van der Waals surface area (Å²) in [6.07, 6.45) is -4.29. The van der Waals surface area contributed by atoms with Crippen LogP contribution in [0.1, 0.15) is 19.4 Å². The molecule has 0 spiro atoms. The molecular formula is C14H20F3NO2. The van der Waals surface area contributed by atoms with Crippen molar-refractivity contribution in [2.24, 2.45) is 0 Å². The van der Waals surface area contributed by atoms with Gasteiger partial charge in [0.25, 0.3) is 0 Å². The molecule has 0 bridgehead atoms. The van der Waals surface area contributed by atoms with Gasteiger partial charge >= 0.3 is 6.18 Å². The van der Waals surface area contributed by atoms with E-state index in [1.807, 2.05) is 18.2 Å².